The standard InChI is InChI=1S/C25H42O6/c1-2-3-4-5-6-8-13-19-20(22(27)18-21(19)26)14-9-7-10-15-23(25(28)29)31-24-16-11-12-17-30-24/h7-9,13,19-24,26-27H,2-6,10-12,14-18H2,1H3,(H,28,29)/b9-7-,13-8+/t19-,20-,21-,22+,23?,24?/m1/s1. The number of carboxylic acid groups (broad SMARTS) is 1. The lowest BCUT2D eigenvalue weighted by Crippen LogP contribution is -2.32. The van der Waals surface area contributed by atoms with E-state index >= 15 is 0 Å². The van der Waals surface area contributed by atoms with Crippen molar-refractivity contribution in [2.75, 3.05) is 6.61 Å². The molecule has 2 fully saturated rings. The molecule has 0 bridgehead atoms. The minimum Gasteiger partial charge on any atom is -0.479 e. The zero-order valence-corrected chi connectivity index (χ0v) is 19.0. The van der Waals surface area contributed by atoms with Crippen LogP contribution >= 0.6 is 0 Å². The van der Waals surface area contributed by atoms with E-state index in [9.17, 15) is 20.1 Å². The van der Waals surface area contributed by atoms with Gasteiger partial charge in [-0.2, -0.15) is 0 Å². The fourth-order valence-electron chi connectivity index (χ4n) is 4.52. The number of aliphatic hydroxyl groups is 2. The van der Waals surface area contributed by atoms with Gasteiger partial charge in [0.05, 0.1) is 12.2 Å². The molecule has 2 rings (SSSR count). The minimum absolute atomic E-state index is 0.000279. The number of hydrogen-bond acceptors (Lipinski definition) is 5. The molecule has 0 amide bonds. The largest absolute Gasteiger partial charge is 0.479 e. The highest BCUT2D eigenvalue weighted by molar-refractivity contribution is 5.72. The van der Waals surface area contributed by atoms with Crippen molar-refractivity contribution in [3.8, 4) is 0 Å². The molecule has 6 heteroatoms. The monoisotopic (exact) mass is 438 g/mol. The average Bonchev–Trinajstić information content (AvgIpc) is 3.02. The first-order valence-electron chi connectivity index (χ1n) is 12.2. The predicted octanol–water partition coefficient (Wildman–Crippen LogP) is 4.59. The van der Waals surface area contributed by atoms with E-state index in [2.05, 4.69) is 19.1 Å². The molecule has 31 heavy (non-hydrogen) atoms. The van der Waals surface area contributed by atoms with E-state index in [0.717, 1.165) is 25.7 Å². The third kappa shape index (κ3) is 9.44. The van der Waals surface area contributed by atoms with Crippen molar-refractivity contribution in [1.82, 2.24) is 0 Å². The Kier molecular flexibility index (Phi) is 12.4. The lowest BCUT2D eigenvalue weighted by Gasteiger charge is -2.25. The van der Waals surface area contributed by atoms with Crippen LogP contribution in [0.4, 0.5) is 0 Å². The number of aliphatic carboxylic acids is 1. The molecule has 1 saturated heterocycles. The second-order valence-corrected chi connectivity index (χ2v) is 8.93. The summed E-state index contributed by atoms with van der Waals surface area (Å²) in [6.45, 7) is 2.82. The summed E-state index contributed by atoms with van der Waals surface area (Å²) in [5, 5.41) is 30.1. The van der Waals surface area contributed by atoms with Gasteiger partial charge in [-0.1, -0.05) is 50.5 Å². The maximum atomic E-state index is 11.5. The van der Waals surface area contributed by atoms with Crippen LogP contribution in [0.2, 0.25) is 0 Å². The van der Waals surface area contributed by atoms with Crippen LogP contribution in [0.15, 0.2) is 24.3 Å². The van der Waals surface area contributed by atoms with Crippen LogP contribution in [-0.2, 0) is 14.3 Å². The number of carboxylic acids is 1. The fourth-order valence-corrected chi connectivity index (χ4v) is 4.52. The van der Waals surface area contributed by atoms with Crippen LogP contribution < -0.4 is 0 Å². The molecule has 178 valence electrons. The molecule has 1 aliphatic carbocycles. The highest BCUT2D eigenvalue weighted by atomic mass is 16.7. The van der Waals surface area contributed by atoms with Crippen LogP contribution in [0.5, 0.6) is 0 Å². The first kappa shape index (κ1) is 26.0. The molecule has 3 N–H and O–H groups in total. The molecule has 0 aromatic carbocycles. The molecule has 1 heterocycles. The number of ether oxygens (including phenoxy) is 2. The predicted molar refractivity (Wildman–Crippen MR) is 121 cm³/mol. The van der Waals surface area contributed by atoms with Gasteiger partial charge in [-0.25, -0.2) is 4.79 Å². The second kappa shape index (κ2) is 14.8. The van der Waals surface area contributed by atoms with Gasteiger partial charge in [-0.05, 0) is 57.3 Å². The van der Waals surface area contributed by atoms with Gasteiger partial charge in [0.2, 0.25) is 0 Å². The quantitative estimate of drug-likeness (QED) is 0.271. The Morgan fingerprint density at radius 1 is 1.10 bits per heavy atom. The number of aliphatic hydroxyl groups excluding tert-OH is 2. The molecule has 1 aliphatic heterocycles. The van der Waals surface area contributed by atoms with E-state index < -0.39 is 30.6 Å². The van der Waals surface area contributed by atoms with Crippen molar-refractivity contribution in [2.45, 2.75) is 109 Å². The molecule has 2 aliphatic rings. The van der Waals surface area contributed by atoms with E-state index in [1.54, 1.807) is 0 Å². The number of hydrogen-bond donors (Lipinski definition) is 3. The summed E-state index contributed by atoms with van der Waals surface area (Å²) < 4.78 is 11.1. The highest BCUT2D eigenvalue weighted by Gasteiger charge is 2.39. The number of unbranched alkanes of at least 4 members (excludes halogenated alkanes) is 4. The lowest BCUT2D eigenvalue weighted by atomic mass is 9.89. The topological polar surface area (TPSA) is 96.2 Å². The second-order valence-electron chi connectivity index (χ2n) is 8.93. The third-order valence-corrected chi connectivity index (χ3v) is 6.40. The fraction of sp³-hybridized carbons (Fsp3) is 0.800. The normalized spacial score (nSPS) is 30.4. The first-order valence-corrected chi connectivity index (χ1v) is 12.2. The summed E-state index contributed by atoms with van der Waals surface area (Å²) in [6.07, 6.45) is 16.6. The van der Waals surface area contributed by atoms with E-state index in [4.69, 9.17) is 9.47 Å². The van der Waals surface area contributed by atoms with E-state index in [1.807, 2.05) is 12.2 Å². The lowest BCUT2D eigenvalue weighted by molar-refractivity contribution is -0.201. The van der Waals surface area contributed by atoms with Gasteiger partial charge in [-0.15, -0.1) is 0 Å². The first-order chi connectivity index (χ1) is 15.0. The Morgan fingerprint density at radius 3 is 2.65 bits per heavy atom. The molecule has 0 aromatic rings. The Bertz CT molecular complexity index is 554. The average molecular weight is 439 g/mol. The van der Waals surface area contributed by atoms with Crippen LogP contribution in [0.3, 0.4) is 0 Å². The Hall–Kier alpha value is -1.21. The molecule has 6 nitrogen and oxygen atoms in total. The summed E-state index contributed by atoms with van der Waals surface area (Å²) in [5.74, 6) is -0.981. The van der Waals surface area contributed by atoms with Crippen LogP contribution in [-0.4, -0.2) is 52.5 Å². The summed E-state index contributed by atoms with van der Waals surface area (Å²) in [7, 11) is 0. The number of carbonyl (C=O) groups is 1. The molecule has 0 radical (unpaired) electrons. The molecule has 0 aromatic heterocycles. The molecular weight excluding hydrogens is 396 g/mol. The van der Waals surface area contributed by atoms with Crippen molar-refractivity contribution >= 4 is 5.97 Å². The molecular formula is C25H42O6. The van der Waals surface area contributed by atoms with Crippen molar-refractivity contribution in [1.29, 1.82) is 0 Å². The molecule has 1 saturated carbocycles. The maximum Gasteiger partial charge on any atom is 0.332 e. The Morgan fingerprint density at radius 2 is 1.94 bits per heavy atom. The van der Waals surface area contributed by atoms with Crippen molar-refractivity contribution in [2.24, 2.45) is 11.8 Å². The Labute approximate surface area is 187 Å². The third-order valence-electron chi connectivity index (χ3n) is 6.40. The molecule has 6 atom stereocenters. The van der Waals surface area contributed by atoms with Gasteiger partial charge < -0.3 is 24.8 Å². The van der Waals surface area contributed by atoms with E-state index in [-0.39, 0.29) is 11.8 Å². The molecule has 0 spiro atoms. The Balaban J connectivity index is 1.75. The number of allylic oxidation sites excluding steroid dienone is 3. The molecule has 2 unspecified atom stereocenters. The van der Waals surface area contributed by atoms with E-state index in [0.29, 0.717) is 32.3 Å². The van der Waals surface area contributed by atoms with Crippen molar-refractivity contribution in [3.63, 3.8) is 0 Å². The summed E-state index contributed by atoms with van der Waals surface area (Å²) >= 11 is 0. The van der Waals surface area contributed by atoms with Gasteiger partial charge in [0.15, 0.2) is 12.4 Å². The summed E-state index contributed by atoms with van der Waals surface area (Å²) in [4.78, 5) is 11.5. The zero-order chi connectivity index (χ0) is 22.5. The summed E-state index contributed by atoms with van der Waals surface area (Å²) in [6, 6.07) is 0. The highest BCUT2D eigenvalue weighted by Crippen LogP contribution is 2.36. The van der Waals surface area contributed by atoms with Crippen molar-refractivity contribution in [3.05, 3.63) is 24.3 Å². The van der Waals surface area contributed by atoms with E-state index in [1.165, 1.54) is 25.7 Å². The SMILES string of the molecule is CCCCCC/C=C/[C@@H]1[C@@H](C/C=C\CCC(OC2CCCCO2)C(=O)O)[C@@H](O)C[C@H]1O. The van der Waals surface area contributed by atoms with Gasteiger partial charge in [0.25, 0.3) is 0 Å². The van der Waals surface area contributed by atoms with Gasteiger partial charge in [0.1, 0.15) is 0 Å². The van der Waals surface area contributed by atoms with Crippen LogP contribution in [0.1, 0.15) is 84.0 Å². The number of rotatable bonds is 14. The minimum atomic E-state index is -0.957. The smallest absolute Gasteiger partial charge is 0.332 e. The van der Waals surface area contributed by atoms with Crippen LogP contribution in [0.25, 0.3) is 0 Å². The van der Waals surface area contributed by atoms with Gasteiger partial charge in [-0.3, -0.25) is 0 Å². The van der Waals surface area contributed by atoms with Crippen molar-refractivity contribution < 1.29 is 29.6 Å². The van der Waals surface area contributed by atoms with Gasteiger partial charge in [0, 0.05) is 18.9 Å². The maximum absolute atomic E-state index is 11.5. The van der Waals surface area contributed by atoms with Gasteiger partial charge >= 0.3 is 5.97 Å². The summed E-state index contributed by atoms with van der Waals surface area (Å²) in [5.41, 5.74) is 0. The zero-order valence-electron chi connectivity index (χ0n) is 19.0. The van der Waals surface area contributed by atoms with Crippen LogP contribution in [0, 0.1) is 11.8 Å².